The van der Waals surface area contributed by atoms with Gasteiger partial charge in [0.15, 0.2) is 0 Å². The summed E-state index contributed by atoms with van der Waals surface area (Å²) in [7, 11) is 0. The van der Waals surface area contributed by atoms with Gasteiger partial charge in [0, 0.05) is 36.1 Å². The van der Waals surface area contributed by atoms with E-state index < -0.39 is 5.91 Å². The normalized spacial score (nSPS) is 11.5. The first kappa shape index (κ1) is 19.8. The summed E-state index contributed by atoms with van der Waals surface area (Å²) in [6, 6.07) is 8.10. The third-order valence-corrected chi connectivity index (χ3v) is 4.31. The van der Waals surface area contributed by atoms with Gasteiger partial charge in [0.1, 0.15) is 0 Å². The van der Waals surface area contributed by atoms with E-state index in [9.17, 15) is 4.79 Å². The molecule has 5 heteroatoms. The molecule has 2 rings (SSSR count). The summed E-state index contributed by atoms with van der Waals surface area (Å²) in [5.41, 5.74) is 24.0. The van der Waals surface area contributed by atoms with Gasteiger partial charge in [-0.3, -0.25) is 9.78 Å². The van der Waals surface area contributed by atoms with Crippen LogP contribution in [0.25, 0.3) is 17.2 Å². The SMILES string of the molecule is Cc1nc(CC(C)C)c(CN)c(-c2ccc(CN)cc2)c1/C=C/C(N)=O. The Morgan fingerprint density at radius 3 is 2.31 bits per heavy atom. The fourth-order valence-electron chi connectivity index (χ4n) is 3.10. The van der Waals surface area contributed by atoms with E-state index in [1.54, 1.807) is 6.08 Å². The van der Waals surface area contributed by atoms with Crippen molar-refractivity contribution in [2.75, 3.05) is 0 Å². The minimum Gasteiger partial charge on any atom is -0.366 e. The van der Waals surface area contributed by atoms with Gasteiger partial charge < -0.3 is 17.2 Å². The van der Waals surface area contributed by atoms with Crippen LogP contribution in [0.2, 0.25) is 0 Å². The second kappa shape index (κ2) is 8.74. The summed E-state index contributed by atoms with van der Waals surface area (Å²) in [6.07, 6.45) is 3.94. The van der Waals surface area contributed by atoms with Crippen LogP contribution in [0.15, 0.2) is 30.3 Å². The molecule has 1 heterocycles. The van der Waals surface area contributed by atoms with Gasteiger partial charge in [-0.05, 0) is 47.6 Å². The van der Waals surface area contributed by atoms with Crippen LogP contribution in [-0.4, -0.2) is 10.9 Å². The number of aromatic nitrogens is 1. The lowest BCUT2D eigenvalue weighted by molar-refractivity contribution is -0.113. The van der Waals surface area contributed by atoms with Crippen molar-refractivity contribution in [3.8, 4) is 11.1 Å². The van der Waals surface area contributed by atoms with E-state index in [2.05, 4.69) is 13.8 Å². The van der Waals surface area contributed by atoms with Gasteiger partial charge in [0.05, 0.1) is 0 Å². The number of benzene rings is 1. The van der Waals surface area contributed by atoms with Crippen LogP contribution in [0, 0.1) is 12.8 Å². The average molecular weight is 352 g/mol. The summed E-state index contributed by atoms with van der Waals surface area (Å²) in [5, 5.41) is 0. The van der Waals surface area contributed by atoms with Crippen LogP contribution >= 0.6 is 0 Å². The Labute approximate surface area is 155 Å². The van der Waals surface area contributed by atoms with Crippen LogP contribution in [0.1, 0.15) is 41.9 Å². The Kier molecular flexibility index (Phi) is 6.66. The molecule has 26 heavy (non-hydrogen) atoms. The molecule has 0 atom stereocenters. The molecule has 1 amide bonds. The molecule has 0 bridgehead atoms. The monoisotopic (exact) mass is 352 g/mol. The molecule has 0 radical (unpaired) electrons. The van der Waals surface area contributed by atoms with Crippen molar-refractivity contribution in [1.29, 1.82) is 0 Å². The van der Waals surface area contributed by atoms with Gasteiger partial charge in [-0.25, -0.2) is 0 Å². The molecule has 2 aromatic rings. The van der Waals surface area contributed by atoms with Crippen molar-refractivity contribution in [2.45, 2.75) is 40.3 Å². The number of carbonyl (C=O) groups excluding carboxylic acids is 1. The molecule has 0 saturated heterocycles. The van der Waals surface area contributed by atoms with Crippen molar-refractivity contribution < 1.29 is 4.79 Å². The second-order valence-corrected chi connectivity index (χ2v) is 6.85. The molecule has 0 spiro atoms. The Morgan fingerprint density at radius 2 is 1.81 bits per heavy atom. The van der Waals surface area contributed by atoms with Gasteiger partial charge in [-0.2, -0.15) is 0 Å². The summed E-state index contributed by atoms with van der Waals surface area (Å²) >= 11 is 0. The molecular weight excluding hydrogens is 324 g/mol. The van der Waals surface area contributed by atoms with Gasteiger partial charge in [-0.15, -0.1) is 0 Å². The number of nitrogens with two attached hydrogens (primary N) is 3. The van der Waals surface area contributed by atoms with Gasteiger partial charge in [0.25, 0.3) is 0 Å². The van der Waals surface area contributed by atoms with E-state index >= 15 is 0 Å². The van der Waals surface area contributed by atoms with Crippen molar-refractivity contribution in [2.24, 2.45) is 23.1 Å². The Bertz CT molecular complexity index is 808. The second-order valence-electron chi connectivity index (χ2n) is 6.85. The smallest absolute Gasteiger partial charge is 0.241 e. The fourth-order valence-corrected chi connectivity index (χ4v) is 3.10. The maximum absolute atomic E-state index is 11.3. The third-order valence-electron chi connectivity index (χ3n) is 4.31. The highest BCUT2D eigenvalue weighted by molar-refractivity contribution is 5.92. The predicted molar refractivity (Wildman–Crippen MR) is 107 cm³/mol. The molecule has 0 aliphatic heterocycles. The molecule has 5 nitrogen and oxygen atoms in total. The number of nitrogens with zero attached hydrogens (tertiary/aromatic N) is 1. The maximum Gasteiger partial charge on any atom is 0.241 e. The number of rotatable bonds is 7. The molecule has 1 aromatic heterocycles. The molecule has 138 valence electrons. The fraction of sp³-hybridized carbons (Fsp3) is 0.333. The lowest BCUT2D eigenvalue weighted by Gasteiger charge is -2.19. The van der Waals surface area contributed by atoms with E-state index in [4.69, 9.17) is 22.2 Å². The van der Waals surface area contributed by atoms with Crippen molar-refractivity contribution in [3.63, 3.8) is 0 Å². The minimum absolute atomic E-state index is 0.376. The quantitative estimate of drug-likeness (QED) is 0.666. The standard InChI is InChI=1S/C21H28N4O/c1-13(2)10-19-18(12-23)21(16-6-4-15(11-22)5-7-16)17(14(3)25-19)8-9-20(24)26/h4-9,13H,10-12,22-23H2,1-3H3,(H2,24,26)/b9-8+. The number of hydrogen-bond acceptors (Lipinski definition) is 4. The van der Waals surface area contributed by atoms with E-state index in [0.717, 1.165) is 45.6 Å². The first-order chi connectivity index (χ1) is 12.4. The topological polar surface area (TPSA) is 108 Å². The van der Waals surface area contributed by atoms with Crippen LogP contribution in [0.3, 0.4) is 0 Å². The van der Waals surface area contributed by atoms with Gasteiger partial charge in [0.2, 0.25) is 5.91 Å². The number of carbonyl (C=O) groups is 1. The van der Waals surface area contributed by atoms with Crippen LogP contribution in [-0.2, 0) is 24.3 Å². The highest BCUT2D eigenvalue weighted by Gasteiger charge is 2.18. The number of primary amides is 1. The number of pyridine rings is 1. The maximum atomic E-state index is 11.3. The zero-order valence-corrected chi connectivity index (χ0v) is 15.8. The average Bonchev–Trinajstić information content (AvgIpc) is 2.59. The van der Waals surface area contributed by atoms with Crippen LogP contribution in [0.4, 0.5) is 0 Å². The van der Waals surface area contributed by atoms with Crippen molar-refractivity contribution in [3.05, 3.63) is 58.4 Å². The zero-order chi connectivity index (χ0) is 19.3. The molecule has 1 aromatic carbocycles. The Hall–Kier alpha value is -2.50. The van der Waals surface area contributed by atoms with Crippen LogP contribution in [0.5, 0.6) is 0 Å². The van der Waals surface area contributed by atoms with E-state index in [-0.39, 0.29) is 0 Å². The predicted octanol–water partition coefficient (Wildman–Crippen LogP) is 2.67. The number of aryl methyl sites for hydroxylation is 1. The highest BCUT2D eigenvalue weighted by Crippen LogP contribution is 2.33. The van der Waals surface area contributed by atoms with Crippen molar-refractivity contribution in [1.82, 2.24) is 4.98 Å². The lowest BCUT2D eigenvalue weighted by atomic mass is 9.89. The minimum atomic E-state index is -0.491. The molecule has 0 fully saturated rings. The molecular formula is C21H28N4O. The summed E-state index contributed by atoms with van der Waals surface area (Å²) < 4.78 is 0. The van der Waals surface area contributed by atoms with Gasteiger partial charge in [-0.1, -0.05) is 38.1 Å². The van der Waals surface area contributed by atoms with E-state index in [0.29, 0.717) is 19.0 Å². The largest absolute Gasteiger partial charge is 0.366 e. The summed E-state index contributed by atoms with van der Waals surface area (Å²) in [5.74, 6) is -0.0268. The Balaban J connectivity index is 2.76. The molecule has 0 aliphatic rings. The summed E-state index contributed by atoms with van der Waals surface area (Å²) in [6.45, 7) is 7.14. The van der Waals surface area contributed by atoms with Crippen LogP contribution < -0.4 is 17.2 Å². The molecule has 0 aliphatic carbocycles. The first-order valence-corrected chi connectivity index (χ1v) is 8.86. The number of hydrogen-bond donors (Lipinski definition) is 3. The first-order valence-electron chi connectivity index (χ1n) is 8.86. The zero-order valence-electron chi connectivity index (χ0n) is 15.8. The molecule has 0 saturated carbocycles. The molecule has 6 N–H and O–H groups in total. The van der Waals surface area contributed by atoms with Gasteiger partial charge >= 0.3 is 0 Å². The third kappa shape index (κ3) is 4.56. The van der Waals surface area contributed by atoms with E-state index in [1.165, 1.54) is 6.08 Å². The van der Waals surface area contributed by atoms with E-state index in [1.807, 2.05) is 31.2 Å². The Morgan fingerprint density at radius 1 is 1.15 bits per heavy atom. The molecule has 0 unspecified atom stereocenters. The van der Waals surface area contributed by atoms with Crippen molar-refractivity contribution >= 4 is 12.0 Å². The summed E-state index contributed by atoms with van der Waals surface area (Å²) in [4.78, 5) is 16.0. The highest BCUT2D eigenvalue weighted by atomic mass is 16.1. The number of amides is 1. The lowest BCUT2D eigenvalue weighted by Crippen LogP contribution is -2.12.